The number of aliphatic imine (C=N–C) groups is 1. The lowest BCUT2D eigenvalue weighted by Crippen LogP contribution is -2.36. The highest BCUT2D eigenvalue weighted by atomic mass is 16.5. The molecule has 0 aliphatic heterocycles. The molecule has 2 N–H and O–H groups in total. The molecule has 4 rings (SSSR count). The summed E-state index contributed by atoms with van der Waals surface area (Å²) in [6, 6.07) is 29.1. The molecule has 0 spiro atoms. The van der Waals surface area contributed by atoms with Crippen molar-refractivity contribution in [2.75, 3.05) is 37.8 Å². The van der Waals surface area contributed by atoms with E-state index in [1.165, 1.54) is 6.08 Å². The van der Waals surface area contributed by atoms with Crippen molar-refractivity contribution in [1.82, 2.24) is 9.80 Å². The van der Waals surface area contributed by atoms with Gasteiger partial charge in [0.25, 0.3) is 5.91 Å². The third-order valence-electron chi connectivity index (χ3n) is 7.08. The van der Waals surface area contributed by atoms with Crippen LogP contribution in [0.2, 0.25) is 0 Å². The van der Waals surface area contributed by atoms with E-state index in [2.05, 4.69) is 20.5 Å². The second-order valence-electron chi connectivity index (χ2n) is 12.5. The van der Waals surface area contributed by atoms with Crippen LogP contribution in [0.5, 0.6) is 11.5 Å². The monoisotopic (exact) mass is 649 g/mol. The lowest BCUT2D eigenvalue weighted by molar-refractivity contribution is 0.102. The first-order valence-electron chi connectivity index (χ1n) is 15.8. The molecule has 48 heavy (non-hydrogen) atoms. The number of carbonyl (C=O) groups is 2. The van der Waals surface area contributed by atoms with E-state index in [0.29, 0.717) is 42.4 Å². The van der Waals surface area contributed by atoms with Gasteiger partial charge in [-0.1, -0.05) is 48.5 Å². The second kappa shape index (κ2) is 16.9. The molecule has 0 aliphatic carbocycles. The van der Waals surface area contributed by atoms with Crippen molar-refractivity contribution >= 4 is 35.1 Å². The van der Waals surface area contributed by atoms with E-state index in [1.54, 1.807) is 35.2 Å². The first-order valence-corrected chi connectivity index (χ1v) is 15.8. The summed E-state index contributed by atoms with van der Waals surface area (Å²) >= 11 is 0. The van der Waals surface area contributed by atoms with Crippen LogP contribution in [-0.4, -0.2) is 60.6 Å². The van der Waals surface area contributed by atoms with Gasteiger partial charge in [0.1, 0.15) is 23.6 Å². The summed E-state index contributed by atoms with van der Waals surface area (Å²) in [5.74, 6) is 0.639. The molecule has 0 saturated carbocycles. The Hall–Kier alpha value is -5.44. The molecule has 0 saturated heterocycles. The summed E-state index contributed by atoms with van der Waals surface area (Å²) in [4.78, 5) is 45.2. The van der Waals surface area contributed by atoms with Crippen LogP contribution in [0.3, 0.4) is 0 Å². The van der Waals surface area contributed by atoms with Gasteiger partial charge in [-0.15, -0.1) is 0 Å². The van der Waals surface area contributed by atoms with E-state index >= 15 is 0 Å². The zero-order valence-electron chi connectivity index (χ0n) is 28.2. The van der Waals surface area contributed by atoms with Gasteiger partial charge < -0.3 is 29.9 Å². The van der Waals surface area contributed by atoms with E-state index in [-0.39, 0.29) is 23.4 Å². The van der Waals surface area contributed by atoms with Gasteiger partial charge in [-0.2, -0.15) is 4.99 Å². The van der Waals surface area contributed by atoms with Crippen LogP contribution in [0.25, 0.3) is 0 Å². The minimum Gasteiger partial charge on any atom is -0.489 e. The summed E-state index contributed by atoms with van der Waals surface area (Å²) in [6.07, 6.45) is 2.33. The van der Waals surface area contributed by atoms with E-state index in [1.807, 2.05) is 102 Å². The van der Waals surface area contributed by atoms with Crippen molar-refractivity contribution < 1.29 is 23.9 Å². The van der Waals surface area contributed by atoms with Crippen molar-refractivity contribution in [2.24, 2.45) is 4.99 Å². The van der Waals surface area contributed by atoms with Crippen molar-refractivity contribution in [3.05, 3.63) is 114 Å². The number of isocyanates is 1. The average molecular weight is 650 g/mol. The summed E-state index contributed by atoms with van der Waals surface area (Å²) in [6.45, 7) is 7.78. The van der Waals surface area contributed by atoms with E-state index in [4.69, 9.17) is 9.47 Å². The minimum atomic E-state index is -0.596. The highest BCUT2D eigenvalue weighted by Gasteiger charge is 2.20. The van der Waals surface area contributed by atoms with Crippen LogP contribution in [0.4, 0.5) is 21.9 Å². The first kappa shape index (κ1) is 35.4. The molecule has 0 heterocycles. The third-order valence-corrected chi connectivity index (χ3v) is 7.08. The number of carbonyl (C=O) groups excluding carboxylic acids is 3. The van der Waals surface area contributed by atoms with Crippen molar-refractivity contribution in [3.63, 3.8) is 0 Å². The topological polar surface area (TPSA) is 113 Å². The fourth-order valence-electron chi connectivity index (χ4n) is 4.76. The SMILES string of the molecule is CN(C)CCCN(Cc1ccc(C(=O)Nc2cccc(N=C=O)c2OC(C)(C)C)cc1)C(=O)Nc1ccc(OCc2ccccc2)cc1. The largest absolute Gasteiger partial charge is 0.489 e. The van der Waals surface area contributed by atoms with Gasteiger partial charge in [-0.3, -0.25) is 4.79 Å². The van der Waals surface area contributed by atoms with Crippen LogP contribution in [0.1, 0.15) is 48.7 Å². The minimum absolute atomic E-state index is 0.224. The van der Waals surface area contributed by atoms with Crippen LogP contribution in [-0.2, 0) is 17.9 Å². The van der Waals surface area contributed by atoms with Crippen LogP contribution in [0.15, 0.2) is 102 Å². The number of ether oxygens (including phenoxy) is 2. The second-order valence-corrected chi connectivity index (χ2v) is 12.5. The van der Waals surface area contributed by atoms with Crippen molar-refractivity contribution in [3.8, 4) is 11.5 Å². The molecular formula is C38H43N5O5. The van der Waals surface area contributed by atoms with Crippen molar-refractivity contribution in [1.29, 1.82) is 0 Å². The summed E-state index contributed by atoms with van der Waals surface area (Å²) in [7, 11) is 4.00. The quantitative estimate of drug-likeness (QED) is 0.107. The fraction of sp³-hybridized carbons (Fsp3) is 0.289. The number of hydrogen-bond acceptors (Lipinski definition) is 7. The Balaban J connectivity index is 1.41. The van der Waals surface area contributed by atoms with E-state index in [0.717, 1.165) is 24.1 Å². The molecule has 250 valence electrons. The molecule has 4 aromatic carbocycles. The van der Waals surface area contributed by atoms with E-state index in [9.17, 15) is 14.4 Å². The van der Waals surface area contributed by atoms with Crippen molar-refractivity contribution in [2.45, 2.75) is 45.9 Å². The molecule has 0 fully saturated rings. The van der Waals surface area contributed by atoms with Gasteiger partial charge in [-0.25, -0.2) is 9.59 Å². The number of anilines is 2. The van der Waals surface area contributed by atoms with Crippen LogP contribution >= 0.6 is 0 Å². The lowest BCUT2D eigenvalue weighted by Gasteiger charge is -2.24. The fourth-order valence-corrected chi connectivity index (χ4v) is 4.76. The number of hydrogen-bond donors (Lipinski definition) is 2. The lowest BCUT2D eigenvalue weighted by atomic mass is 10.1. The number of urea groups is 1. The standard InChI is InChI=1S/C38H43N5O5/c1-38(2,3)48-35-33(39-27-44)13-9-14-34(35)41-36(45)30-17-15-28(16-18-30)25-43(24-10-23-42(4)5)37(46)40-31-19-21-32(22-20-31)47-26-29-11-7-6-8-12-29/h6-9,11-22H,10,23-26H2,1-5H3,(H,40,46)(H,41,45). The zero-order valence-corrected chi connectivity index (χ0v) is 28.2. The highest BCUT2D eigenvalue weighted by Crippen LogP contribution is 2.38. The maximum absolute atomic E-state index is 13.4. The molecule has 0 bridgehead atoms. The average Bonchev–Trinajstić information content (AvgIpc) is 3.05. The Morgan fingerprint density at radius 1 is 0.812 bits per heavy atom. The zero-order chi connectivity index (χ0) is 34.5. The molecule has 4 aromatic rings. The van der Waals surface area contributed by atoms with E-state index < -0.39 is 5.60 Å². The summed E-state index contributed by atoms with van der Waals surface area (Å²) in [5.41, 5.74) is 3.09. The number of benzene rings is 4. The van der Waals surface area contributed by atoms with Gasteiger partial charge in [0.2, 0.25) is 6.08 Å². The smallest absolute Gasteiger partial charge is 0.322 e. The molecule has 0 unspecified atom stereocenters. The number of rotatable bonds is 14. The molecule has 3 amide bonds. The Bertz CT molecular complexity index is 1690. The molecule has 0 atom stereocenters. The Morgan fingerprint density at radius 2 is 1.52 bits per heavy atom. The van der Waals surface area contributed by atoms with Crippen LogP contribution < -0.4 is 20.1 Å². The Morgan fingerprint density at radius 3 is 2.17 bits per heavy atom. The Labute approximate surface area is 282 Å². The number of para-hydroxylation sites is 1. The molecule has 10 heteroatoms. The maximum Gasteiger partial charge on any atom is 0.322 e. The van der Waals surface area contributed by atoms with Gasteiger partial charge in [0.15, 0.2) is 5.75 Å². The first-order chi connectivity index (χ1) is 23.0. The number of amides is 3. The third kappa shape index (κ3) is 11.1. The van der Waals surface area contributed by atoms with Gasteiger partial charge in [0.05, 0.1) is 5.69 Å². The highest BCUT2D eigenvalue weighted by molar-refractivity contribution is 6.05. The molecule has 0 radical (unpaired) electrons. The number of nitrogens with one attached hydrogen (secondary N) is 2. The van der Waals surface area contributed by atoms with Gasteiger partial charge >= 0.3 is 6.03 Å². The van der Waals surface area contributed by atoms with Gasteiger partial charge in [0, 0.05) is 24.3 Å². The van der Waals surface area contributed by atoms with Gasteiger partial charge in [-0.05, 0) is 107 Å². The molecule has 0 aromatic heterocycles. The summed E-state index contributed by atoms with van der Waals surface area (Å²) in [5, 5.41) is 5.87. The predicted octanol–water partition coefficient (Wildman–Crippen LogP) is 7.65. The van der Waals surface area contributed by atoms with Crippen LogP contribution in [0, 0.1) is 0 Å². The normalized spacial score (nSPS) is 11.0. The molecule has 10 nitrogen and oxygen atoms in total. The number of nitrogens with zero attached hydrogens (tertiary/aromatic N) is 3. The predicted molar refractivity (Wildman–Crippen MR) is 189 cm³/mol. The maximum atomic E-state index is 13.4. The summed E-state index contributed by atoms with van der Waals surface area (Å²) < 4.78 is 11.9. The Kier molecular flexibility index (Phi) is 12.5. The molecule has 0 aliphatic rings. The molecular weight excluding hydrogens is 606 g/mol.